The van der Waals surface area contributed by atoms with E-state index in [2.05, 4.69) is 5.32 Å². The van der Waals surface area contributed by atoms with E-state index in [0.717, 1.165) is 54.7 Å². The van der Waals surface area contributed by atoms with E-state index >= 15 is 0 Å². The maximum atomic E-state index is 6.14. The van der Waals surface area contributed by atoms with Crippen molar-refractivity contribution in [2.24, 2.45) is 5.92 Å². The van der Waals surface area contributed by atoms with Crippen molar-refractivity contribution >= 4 is 11.6 Å². The van der Waals surface area contributed by atoms with Crippen LogP contribution in [0, 0.1) is 5.92 Å². The summed E-state index contributed by atoms with van der Waals surface area (Å²) in [7, 11) is 2.00. The lowest BCUT2D eigenvalue weighted by molar-refractivity contribution is -0.0396. The Kier molecular flexibility index (Phi) is 3.96. The highest BCUT2D eigenvalue weighted by Crippen LogP contribution is 2.35. The van der Waals surface area contributed by atoms with E-state index in [4.69, 9.17) is 21.1 Å². The number of rotatable bonds is 5. The van der Waals surface area contributed by atoms with E-state index in [1.807, 2.05) is 19.2 Å². The molecule has 0 unspecified atom stereocenters. The van der Waals surface area contributed by atoms with Gasteiger partial charge in [0.25, 0.3) is 0 Å². The van der Waals surface area contributed by atoms with E-state index in [1.165, 1.54) is 5.56 Å². The Hall–Kier alpha value is -0.770. The highest BCUT2D eigenvalue weighted by Gasteiger charge is 2.29. The standard InChI is InChI=1S/C15H20ClNO2/c1-17-8-10-4-14(5-10)19-9-12-7-13(16)6-11-2-3-18-15(11)12/h6-7,10,14,17H,2-5,8-9H2,1H3. The van der Waals surface area contributed by atoms with Crippen LogP contribution in [0.5, 0.6) is 5.75 Å². The molecule has 0 radical (unpaired) electrons. The molecule has 3 nitrogen and oxygen atoms in total. The summed E-state index contributed by atoms with van der Waals surface area (Å²) in [6.45, 7) is 2.46. The first kappa shape index (κ1) is 13.2. The minimum atomic E-state index is 0.398. The van der Waals surface area contributed by atoms with Crippen molar-refractivity contribution in [3.8, 4) is 5.75 Å². The monoisotopic (exact) mass is 281 g/mol. The molecule has 1 saturated carbocycles. The molecule has 1 N–H and O–H groups in total. The van der Waals surface area contributed by atoms with E-state index in [1.54, 1.807) is 0 Å². The van der Waals surface area contributed by atoms with Gasteiger partial charge < -0.3 is 14.8 Å². The van der Waals surface area contributed by atoms with Gasteiger partial charge in [-0.05, 0) is 50.0 Å². The topological polar surface area (TPSA) is 30.5 Å². The molecule has 4 heteroatoms. The Balaban J connectivity index is 1.56. The van der Waals surface area contributed by atoms with Gasteiger partial charge in [0, 0.05) is 17.0 Å². The molecule has 19 heavy (non-hydrogen) atoms. The zero-order chi connectivity index (χ0) is 13.2. The second-order valence-corrected chi connectivity index (χ2v) is 5.92. The summed E-state index contributed by atoms with van der Waals surface area (Å²) in [5.41, 5.74) is 2.31. The van der Waals surface area contributed by atoms with Gasteiger partial charge in [0.05, 0.1) is 19.3 Å². The fourth-order valence-corrected chi connectivity index (χ4v) is 3.19. The van der Waals surface area contributed by atoms with E-state index in [0.29, 0.717) is 12.7 Å². The molecule has 0 spiro atoms. The largest absolute Gasteiger partial charge is 0.493 e. The number of ether oxygens (including phenoxy) is 2. The zero-order valence-corrected chi connectivity index (χ0v) is 12.0. The number of nitrogens with one attached hydrogen (secondary N) is 1. The van der Waals surface area contributed by atoms with Crippen LogP contribution >= 0.6 is 11.6 Å². The lowest BCUT2D eigenvalue weighted by Gasteiger charge is -2.35. The molecule has 104 valence electrons. The van der Waals surface area contributed by atoms with Gasteiger partial charge in [-0.15, -0.1) is 0 Å². The molecule has 0 amide bonds. The summed E-state index contributed by atoms with van der Waals surface area (Å²) in [5, 5.41) is 3.99. The first-order valence-corrected chi connectivity index (χ1v) is 7.34. The third-order valence-corrected chi connectivity index (χ3v) is 4.20. The third kappa shape index (κ3) is 2.88. The lowest BCUT2D eigenvalue weighted by atomic mass is 9.82. The van der Waals surface area contributed by atoms with Crippen molar-refractivity contribution in [1.82, 2.24) is 5.32 Å². The van der Waals surface area contributed by atoms with Crippen LogP contribution in [0.3, 0.4) is 0 Å². The molecule has 0 bridgehead atoms. The lowest BCUT2D eigenvalue weighted by Crippen LogP contribution is -2.36. The van der Waals surface area contributed by atoms with Crippen LogP contribution in [-0.2, 0) is 17.8 Å². The average molecular weight is 282 g/mol. The van der Waals surface area contributed by atoms with Crippen LogP contribution in [0.15, 0.2) is 12.1 Å². The minimum Gasteiger partial charge on any atom is -0.493 e. The van der Waals surface area contributed by atoms with Gasteiger partial charge in [0.1, 0.15) is 5.75 Å². The van der Waals surface area contributed by atoms with E-state index in [-0.39, 0.29) is 0 Å². The van der Waals surface area contributed by atoms with Crippen LogP contribution in [0.25, 0.3) is 0 Å². The normalized spacial score (nSPS) is 24.7. The van der Waals surface area contributed by atoms with Crippen LogP contribution in [0.1, 0.15) is 24.0 Å². The maximum Gasteiger partial charge on any atom is 0.128 e. The highest BCUT2D eigenvalue weighted by molar-refractivity contribution is 6.30. The molecule has 1 fully saturated rings. The van der Waals surface area contributed by atoms with Crippen molar-refractivity contribution < 1.29 is 9.47 Å². The molecule has 1 heterocycles. The maximum absolute atomic E-state index is 6.14. The number of fused-ring (bicyclic) bond motifs is 1. The first-order chi connectivity index (χ1) is 9.26. The van der Waals surface area contributed by atoms with Gasteiger partial charge in [-0.3, -0.25) is 0 Å². The van der Waals surface area contributed by atoms with Crippen LogP contribution in [0.4, 0.5) is 0 Å². The summed E-state index contributed by atoms with van der Waals surface area (Å²) >= 11 is 6.14. The quantitative estimate of drug-likeness (QED) is 0.900. The summed E-state index contributed by atoms with van der Waals surface area (Å²) < 4.78 is 11.6. The number of hydrogen-bond donors (Lipinski definition) is 1. The molecule has 0 atom stereocenters. The Morgan fingerprint density at radius 2 is 2.26 bits per heavy atom. The predicted molar refractivity (Wildman–Crippen MR) is 75.9 cm³/mol. The van der Waals surface area contributed by atoms with Gasteiger partial charge in [0.15, 0.2) is 0 Å². The van der Waals surface area contributed by atoms with E-state index < -0.39 is 0 Å². The predicted octanol–water partition coefficient (Wildman–Crippen LogP) is 2.79. The fourth-order valence-electron chi connectivity index (χ4n) is 2.93. The summed E-state index contributed by atoms with van der Waals surface area (Å²) in [6.07, 6.45) is 3.67. The average Bonchev–Trinajstić information content (AvgIpc) is 2.79. The van der Waals surface area contributed by atoms with Gasteiger partial charge in [-0.25, -0.2) is 0 Å². The minimum absolute atomic E-state index is 0.398. The van der Waals surface area contributed by atoms with Crippen molar-refractivity contribution in [3.63, 3.8) is 0 Å². The van der Waals surface area contributed by atoms with Gasteiger partial charge in [-0.1, -0.05) is 11.6 Å². The zero-order valence-electron chi connectivity index (χ0n) is 11.2. The van der Waals surface area contributed by atoms with Crippen LogP contribution in [-0.4, -0.2) is 26.3 Å². The summed E-state index contributed by atoms with van der Waals surface area (Å²) in [6, 6.07) is 3.97. The van der Waals surface area contributed by atoms with Gasteiger partial charge in [0.2, 0.25) is 0 Å². The van der Waals surface area contributed by atoms with Crippen molar-refractivity contribution in [1.29, 1.82) is 0 Å². The fraction of sp³-hybridized carbons (Fsp3) is 0.600. The molecular weight excluding hydrogens is 262 g/mol. The van der Waals surface area contributed by atoms with Crippen molar-refractivity contribution in [3.05, 3.63) is 28.3 Å². The molecule has 1 aromatic carbocycles. The number of benzene rings is 1. The molecule has 1 aromatic rings. The van der Waals surface area contributed by atoms with Gasteiger partial charge in [-0.2, -0.15) is 0 Å². The highest BCUT2D eigenvalue weighted by atomic mass is 35.5. The molecule has 0 aromatic heterocycles. The smallest absolute Gasteiger partial charge is 0.128 e. The molecule has 1 aliphatic carbocycles. The molecule has 3 rings (SSSR count). The molecule has 0 saturated heterocycles. The summed E-state index contributed by atoms with van der Waals surface area (Å²) in [4.78, 5) is 0. The first-order valence-electron chi connectivity index (χ1n) is 6.96. The Bertz CT molecular complexity index is 458. The molecular formula is C15H20ClNO2. The molecule has 2 aliphatic rings. The Morgan fingerprint density at radius 1 is 1.42 bits per heavy atom. The molecule has 1 aliphatic heterocycles. The number of halogens is 1. The second-order valence-electron chi connectivity index (χ2n) is 5.48. The van der Waals surface area contributed by atoms with Crippen molar-refractivity contribution in [2.75, 3.05) is 20.2 Å². The second kappa shape index (κ2) is 5.70. The third-order valence-electron chi connectivity index (χ3n) is 3.99. The number of hydrogen-bond acceptors (Lipinski definition) is 3. The van der Waals surface area contributed by atoms with Crippen LogP contribution in [0.2, 0.25) is 5.02 Å². The Labute approximate surface area is 119 Å². The van der Waals surface area contributed by atoms with Crippen molar-refractivity contribution in [2.45, 2.75) is 32.0 Å². The summed E-state index contributed by atoms with van der Waals surface area (Å²) in [5.74, 6) is 1.77. The Morgan fingerprint density at radius 3 is 3.05 bits per heavy atom. The van der Waals surface area contributed by atoms with Crippen LogP contribution < -0.4 is 10.1 Å². The SMILES string of the molecule is CNCC1CC(OCc2cc(Cl)cc3c2OCC3)C1. The van der Waals surface area contributed by atoms with Gasteiger partial charge >= 0.3 is 0 Å². The van der Waals surface area contributed by atoms with E-state index in [9.17, 15) is 0 Å².